The molecule has 0 aliphatic carbocycles. The number of hydrogen-bond donors (Lipinski definition) is 1. The van der Waals surface area contributed by atoms with Crippen molar-refractivity contribution in [3.05, 3.63) is 63.6 Å². The van der Waals surface area contributed by atoms with E-state index in [2.05, 4.69) is 29.4 Å². The highest BCUT2D eigenvalue weighted by Crippen LogP contribution is 2.31. The Bertz CT molecular complexity index is 821. The minimum Gasteiger partial charge on any atom is -0.304 e. The first-order chi connectivity index (χ1) is 12.6. The number of amides is 1. The van der Waals surface area contributed by atoms with Gasteiger partial charge in [-0.2, -0.15) is 0 Å². The summed E-state index contributed by atoms with van der Waals surface area (Å²) in [6, 6.07) is 13.7. The molecule has 0 saturated carbocycles. The molecule has 6 heteroatoms. The Hall–Kier alpha value is -1.49. The van der Waals surface area contributed by atoms with Crippen molar-refractivity contribution in [3.8, 4) is 0 Å². The van der Waals surface area contributed by atoms with E-state index < -0.39 is 0 Å². The van der Waals surface area contributed by atoms with E-state index in [1.165, 1.54) is 30.2 Å². The standard InChI is InChI=1S/C20H20Cl2N2OS/c1-2-3-5-13-8-10-15(11-9-13)23-20-24-19(25)17(26-20)12-14-6-4-7-16(21)18(14)22/h4,6-11,17H,2-3,5,12H2,1H3,(H,23,24,25)/t17-/m0/s1. The second-order valence-electron chi connectivity index (χ2n) is 6.20. The number of benzene rings is 2. The van der Waals surface area contributed by atoms with Crippen LogP contribution < -0.4 is 5.32 Å². The minimum absolute atomic E-state index is 0.0515. The zero-order chi connectivity index (χ0) is 18.5. The van der Waals surface area contributed by atoms with Crippen LogP contribution in [0, 0.1) is 0 Å². The lowest BCUT2D eigenvalue weighted by Gasteiger charge is -2.08. The summed E-state index contributed by atoms with van der Waals surface area (Å²) in [6.45, 7) is 2.19. The molecular weight excluding hydrogens is 387 g/mol. The number of rotatable bonds is 6. The van der Waals surface area contributed by atoms with Gasteiger partial charge in [0.1, 0.15) is 0 Å². The zero-order valence-electron chi connectivity index (χ0n) is 14.5. The summed E-state index contributed by atoms with van der Waals surface area (Å²) >= 11 is 13.7. The van der Waals surface area contributed by atoms with Gasteiger partial charge in [-0.25, -0.2) is 4.99 Å². The molecule has 1 amide bonds. The maximum absolute atomic E-state index is 12.3. The number of thioether (sulfide) groups is 1. The van der Waals surface area contributed by atoms with Gasteiger partial charge in [-0.3, -0.25) is 4.79 Å². The number of carbonyl (C=O) groups is 1. The number of nitrogens with one attached hydrogen (secondary N) is 1. The van der Waals surface area contributed by atoms with Crippen LogP contribution in [0.15, 0.2) is 47.5 Å². The molecule has 0 radical (unpaired) electrons. The predicted molar refractivity (Wildman–Crippen MR) is 112 cm³/mol. The van der Waals surface area contributed by atoms with Crippen LogP contribution in [0.5, 0.6) is 0 Å². The molecule has 2 aromatic rings. The summed E-state index contributed by atoms with van der Waals surface area (Å²) in [7, 11) is 0. The number of halogens is 2. The van der Waals surface area contributed by atoms with E-state index in [9.17, 15) is 4.79 Å². The van der Waals surface area contributed by atoms with Gasteiger partial charge >= 0.3 is 0 Å². The fourth-order valence-corrected chi connectivity index (χ4v) is 4.15. The van der Waals surface area contributed by atoms with Crippen molar-refractivity contribution in [3.63, 3.8) is 0 Å². The number of unbranched alkanes of at least 4 members (excludes halogenated alkanes) is 1. The van der Waals surface area contributed by atoms with Gasteiger partial charge < -0.3 is 5.32 Å². The Kier molecular flexibility index (Phi) is 6.63. The van der Waals surface area contributed by atoms with E-state index in [0.29, 0.717) is 21.6 Å². The summed E-state index contributed by atoms with van der Waals surface area (Å²) in [4.78, 5) is 16.8. The summed E-state index contributed by atoms with van der Waals surface area (Å²) in [5.74, 6) is -0.0515. The van der Waals surface area contributed by atoms with Crippen LogP contribution in [0.3, 0.4) is 0 Å². The summed E-state index contributed by atoms with van der Waals surface area (Å²) in [6.07, 6.45) is 3.98. The SMILES string of the molecule is CCCCc1ccc(N=C2NC(=O)[C@H](Cc3cccc(Cl)c3Cl)S2)cc1. The van der Waals surface area contributed by atoms with Gasteiger partial charge in [0.15, 0.2) is 5.17 Å². The maximum atomic E-state index is 12.3. The monoisotopic (exact) mass is 406 g/mol. The highest BCUT2D eigenvalue weighted by Gasteiger charge is 2.31. The Balaban J connectivity index is 1.67. The molecule has 1 heterocycles. The molecule has 0 unspecified atom stereocenters. The van der Waals surface area contributed by atoms with Crippen molar-refractivity contribution in [2.24, 2.45) is 4.99 Å². The molecule has 2 aromatic carbocycles. The molecule has 3 nitrogen and oxygen atoms in total. The molecule has 3 rings (SSSR count). The first-order valence-corrected chi connectivity index (χ1v) is 10.3. The van der Waals surface area contributed by atoms with E-state index in [-0.39, 0.29) is 11.2 Å². The molecule has 1 atom stereocenters. The van der Waals surface area contributed by atoms with Crippen LogP contribution in [-0.2, 0) is 17.6 Å². The first kappa shape index (κ1) is 19.3. The quantitative estimate of drug-likeness (QED) is 0.658. The molecular formula is C20H20Cl2N2OS. The third kappa shape index (κ3) is 4.81. The van der Waals surface area contributed by atoms with E-state index >= 15 is 0 Å². The largest absolute Gasteiger partial charge is 0.304 e. The first-order valence-electron chi connectivity index (χ1n) is 8.65. The molecule has 1 aliphatic heterocycles. The molecule has 26 heavy (non-hydrogen) atoms. The van der Waals surface area contributed by atoms with Crippen molar-refractivity contribution in [1.82, 2.24) is 5.32 Å². The second-order valence-corrected chi connectivity index (χ2v) is 8.18. The van der Waals surface area contributed by atoms with Gasteiger partial charge in [-0.15, -0.1) is 0 Å². The fourth-order valence-electron chi connectivity index (χ4n) is 2.73. The molecule has 1 aliphatic rings. The van der Waals surface area contributed by atoms with Crippen LogP contribution in [0.4, 0.5) is 5.69 Å². The molecule has 1 N–H and O–H groups in total. The summed E-state index contributed by atoms with van der Waals surface area (Å²) in [5, 5.41) is 4.24. The van der Waals surface area contributed by atoms with E-state index in [1.54, 1.807) is 6.07 Å². The van der Waals surface area contributed by atoms with Crippen molar-refractivity contribution in [2.45, 2.75) is 37.9 Å². The fraction of sp³-hybridized carbons (Fsp3) is 0.300. The topological polar surface area (TPSA) is 41.5 Å². The van der Waals surface area contributed by atoms with Crippen molar-refractivity contribution in [1.29, 1.82) is 0 Å². The number of nitrogens with zero attached hydrogens (tertiary/aromatic N) is 1. The highest BCUT2D eigenvalue weighted by molar-refractivity contribution is 8.15. The Morgan fingerprint density at radius 3 is 2.65 bits per heavy atom. The van der Waals surface area contributed by atoms with Crippen molar-refractivity contribution in [2.75, 3.05) is 0 Å². The smallest absolute Gasteiger partial charge is 0.239 e. The maximum Gasteiger partial charge on any atom is 0.239 e. The van der Waals surface area contributed by atoms with Crippen LogP contribution in [0.25, 0.3) is 0 Å². The molecule has 1 saturated heterocycles. The summed E-state index contributed by atoms with van der Waals surface area (Å²) < 4.78 is 0. The Morgan fingerprint density at radius 2 is 1.92 bits per heavy atom. The number of aryl methyl sites for hydroxylation is 1. The van der Waals surface area contributed by atoms with Crippen LogP contribution in [-0.4, -0.2) is 16.3 Å². The average molecular weight is 407 g/mol. The zero-order valence-corrected chi connectivity index (χ0v) is 16.8. The number of carbonyl (C=O) groups excluding carboxylic acids is 1. The molecule has 0 spiro atoms. The van der Waals surface area contributed by atoms with Crippen molar-refractivity contribution >= 4 is 51.7 Å². The molecule has 0 bridgehead atoms. The molecule has 136 valence electrons. The van der Waals surface area contributed by atoms with Crippen LogP contribution in [0.1, 0.15) is 30.9 Å². The van der Waals surface area contributed by atoms with Crippen LogP contribution >= 0.6 is 35.0 Å². The number of amidine groups is 1. The molecule has 0 aromatic heterocycles. The Labute approximate surface area is 168 Å². The predicted octanol–water partition coefficient (Wildman–Crippen LogP) is 5.80. The lowest BCUT2D eigenvalue weighted by atomic mass is 10.1. The Morgan fingerprint density at radius 1 is 1.15 bits per heavy atom. The third-order valence-corrected chi connectivity index (χ3v) is 6.14. The minimum atomic E-state index is -0.256. The lowest BCUT2D eigenvalue weighted by molar-refractivity contribution is -0.118. The lowest BCUT2D eigenvalue weighted by Crippen LogP contribution is -2.26. The number of aliphatic imine (C=N–C) groups is 1. The summed E-state index contributed by atoms with van der Waals surface area (Å²) in [5.41, 5.74) is 3.02. The van der Waals surface area contributed by atoms with Crippen molar-refractivity contribution < 1.29 is 4.79 Å². The van der Waals surface area contributed by atoms with Gasteiger partial charge in [-0.05, 0) is 48.6 Å². The molecule has 1 fully saturated rings. The highest BCUT2D eigenvalue weighted by atomic mass is 35.5. The van der Waals surface area contributed by atoms with Gasteiger partial charge in [0.2, 0.25) is 5.91 Å². The van der Waals surface area contributed by atoms with E-state index in [4.69, 9.17) is 23.2 Å². The van der Waals surface area contributed by atoms with Gasteiger partial charge in [0.05, 0.1) is 21.0 Å². The number of hydrogen-bond acceptors (Lipinski definition) is 3. The van der Waals surface area contributed by atoms with Gasteiger partial charge in [-0.1, -0.05) is 72.6 Å². The van der Waals surface area contributed by atoms with Crippen LogP contribution in [0.2, 0.25) is 10.0 Å². The van der Waals surface area contributed by atoms with Gasteiger partial charge in [0, 0.05) is 0 Å². The average Bonchev–Trinajstić information content (AvgIpc) is 2.97. The van der Waals surface area contributed by atoms with E-state index in [1.807, 2.05) is 24.3 Å². The normalized spacial score (nSPS) is 18.3. The van der Waals surface area contributed by atoms with Gasteiger partial charge in [0.25, 0.3) is 0 Å². The van der Waals surface area contributed by atoms with E-state index in [0.717, 1.165) is 17.7 Å². The third-order valence-electron chi connectivity index (χ3n) is 4.20. The second kappa shape index (κ2) is 8.94.